The first-order chi connectivity index (χ1) is 19.8. The van der Waals surface area contributed by atoms with Crippen molar-refractivity contribution in [3.05, 3.63) is 35.9 Å². The van der Waals surface area contributed by atoms with Crippen molar-refractivity contribution in [2.45, 2.75) is 53.5 Å². The number of aliphatic imine (C=N–C) groups is 1. The number of hydrogen-bond donors (Lipinski definition) is 6. The zero-order chi connectivity index (χ0) is 34.2. The van der Waals surface area contributed by atoms with Crippen molar-refractivity contribution in [2.75, 3.05) is 56.9 Å². The molecule has 13 nitrogen and oxygen atoms in total. The van der Waals surface area contributed by atoms with E-state index >= 15 is 0 Å². The Hall–Kier alpha value is -1.22. The molecule has 1 rings (SSSR count). The van der Waals surface area contributed by atoms with Gasteiger partial charge < -0.3 is 37.7 Å². The van der Waals surface area contributed by atoms with Crippen LogP contribution in [0.1, 0.15) is 57.8 Å². The number of carboxylic acid groups (broad SMARTS) is 1. The summed E-state index contributed by atoms with van der Waals surface area (Å²) in [6.45, 7) is 7.23. The van der Waals surface area contributed by atoms with Crippen LogP contribution in [0.25, 0.3) is 0 Å². The fourth-order valence-corrected chi connectivity index (χ4v) is 2.09. The highest BCUT2D eigenvalue weighted by Crippen LogP contribution is 2.03. The fourth-order valence-electron chi connectivity index (χ4n) is 1.65. The van der Waals surface area contributed by atoms with E-state index in [0.29, 0.717) is 18.5 Å². The maximum atomic E-state index is 11.9. The molecular formula is C26H61N5O8S5. The average Bonchev–Trinajstić information content (AvgIpc) is 2.91. The van der Waals surface area contributed by atoms with Crippen LogP contribution in [-0.4, -0.2) is 100 Å². The molecule has 1 aromatic carbocycles. The topological polar surface area (TPSA) is 244 Å². The summed E-state index contributed by atoms with van der Waals surface area (Å²) in [5, 5.41) is 11.5. The van der Waals surface area contributed by atoms with Crippen LogP contribution in [-0.2, 0) is 24.5 Å². The van der Waals surface area contributed by atoms with Crippen molar-refractivity contribution in [1.82, 2.24) is 5.32 Å². The average molecular weight is 732 g/mol. The lowest BCUT2D eigenvalue weighted by Gasteiger charge is -2.14. The van der Waals surface area contributed by atoms with Crippen molar-refractivity contribution in [1.29, 1.82) is 0 Å². The van der Waals surface area contributed by atoms with E-state index in [1.165, 1.54) is 36.8 Å². The molecule has 0 aliphatic carbocycles. The minimum atomic E-state index is -1.61. The predicted octanol–water partition coefficient (Wildman–Crippen LogP) is 4.40. The number of nitrogens with one attached hydrogen (secondary N) is 1. The first kappa shape index (κ1) is 61.7. The molecule has 0 spiro atoms. The largest absolute Gasteiger partial charge is 0.480 e. The van der Waals surface area contributed by atoms with E-state index in [9.17, 15) is 9.59 Å². The van der Waals surface area contributed by atoms with Gasteiger partial charge in [0.2, 0.25) is 0 Å². The van der Waals surface area contributed by atoms with Crippen molar-refractivity contribution in [3.63, 3.8) is 0 Å². The maximum absolute atomic E-state index is 11.9. The number of nitrogens with two attached hydrogens (primary N) is 3. The first-order valence-corrected chi connectivity index (χ1v) is 19.5. The van der Waals surface area contributed by atoms with Gasteiger partial charge in [0.25, 0.3) is 5.91 Å². The molecule has 0 aliphatic heterocycles. The van der Waals surface area contributed by atoms with E-state index in [0.717, 1.165) is 6.54 Å². The number of amides is 1. The van der Waals surface area contributed by atoms with Gasteiger partial charge in [-0.1, -0.05) is 52.8 Å². The van der Waals surface area contributed by atoms with Crippen LogP contribution in [0, 0.1) is 0 Å². The Balaban J connectivity index is -0.0000000741. The molecule has 0 saturated carbocycles. The van der Waals surface area contributed by atoms with Crippen LogP contribution in [0.3, 0.4) is 0 Å². The molecule has 0 heterocycles. The Morgan fingerprint density at radius 1 is 0.977 bits per heavy atom. The fraction of sp³-hybridized carbons (Fsp3) is 0.654. The van der Waals surface area contributed by atoms with E-state index < -0.39 is 29.0 Å². The van der Waals surface area contributed by atoms with Crippen LogP contribution in [0.15, 0.2) is 35.3 Å². The smallest absolute Gasteiger partial charge is 0.326 e. The standard InChI is InChI=1S/C13H18N4O3.C3H8.C2H7N.C2H6O2S2.2C2H6S.CH4O2S.CH4.H2O/c14-13(15)16-8-4-7-10(12(19)20)17-11(18)9-5-2-1-3-6-9;1-3-2;1-2-3;1-5-3-4-6-2;2*1-3-2;1-4(2)3;;/h1-3,5-6,10H,4,7-8H2,(H,17,18)(H,19,20)(H4,14,15,16);3H2,1-2H3;2-3H2,1H3;1-2H3;2*1-2H3;1H3,(H,2,3);1H4;1H2/t10-;;;;;;;;/m0......../s1. The van der Waals surface area contributed by atoms with Gasteiger partial charge in [-0.25, -0.2) is 9.00 Å². The SMILES string of the molecule is C.CCC.CCN.CS(=O)O.CSC.CSC.CSOOSC.NC(N)=NCCC[C@H](NC(=O)c1ccccc1)C(=O)O.O. The third-order valence-corrected chi connectivity index (χ3v) is 3.24. The molecular weight excluding hydrogens is 671 g/mol. The number of nitrogens with zero attached hydrogens (tertiary/aromatic N) is 1. The van der Waals surface area contributed by atoms with Crippen LogP contribution < -0.4 is 22.5 Å². The number of thioether (sulfide) groups is 2. The van der Waals surface area contributed by atoms with Gasteiger partial charge in [-0.05, 0) is 56.5 Å². The second kappa shape index (κ2) is 57.4. The van der Waals surface area contributed by atoms with Crippen LogP contribution in [0.5, 0.6) is 0 Å². The Morgan fingerprint density at radius 2 is 1.32 bits per heavy atom. The van der Waals surface area contributed by atoms with Gasteiger partial charge in [0.1, 0.15) is 17.1 Å². The highest BCUT2D eigenvalue weighted by atomic mass is 32.2. The summed E-state index contributed by atoms with van der Waals surface area (Å²) < 4.78 is 25.4. The minimum Gasteiger partial charge on any atom is -0.480 e. The van der Waals surface area contributed by atoms with Gasteiger partial charge in [-0.15, -0.1) is 0 Å². The molecule has 1 aromatic rings. The Labute approximate surface area is 286 Å². The number of carbonyl (C=O) groups excluding carboxylic acids is 1. The van der Waals surface area contributed by atoms with E-state index in [-0.39, 0.29) is 25.3 Å². The summed E-state index contributed by atoms with van der Waals surface area (Å²) >= 11 is 4.26. The number of guanidine groups is 1. The second-order valence-corrected chi connectivity index (χ2v) is 10.4. The molecule has 0 bridgehead atoms. The normalized spacial score (nSPS) is 9.45. The predicted molar refractivity (Wildman–Crippen MR) is 201 cm³/mol. The van der Waals surface area contributed by atoms with Gasteiger partial charge in [0.15, 0.2) is 5.96 Å². The van der Waals surface area contributed by atoms with Crippen molar-refractivity contribution in [3.8, 4) is 0 Å². The van der Waals surface area contributed by atoms with E-state index in [4.69, 9.17) is 31.1 Å². The summed E-state index contributed by atoms with van der Waals surface area (Å²) in [7, 11) is 0. The van der Waals surface area contributed by atoms with E-state index in [1.807, 2.05) is 31.9 Å². The first-order valence-electron chi connectivity index (χ1n) is 12.4. The molecule has 1 amide bonds. The summed E-state index contributed by atoms with van der Waals surface area (Å²) in [6, 6.07) is 7.48. The van der Waals surface area contributed by atoms with Crippen molar-refractivity contribution in [2.24, 2.45) is 22.2 Å². The molecule has 0 radical (unpaired) electrons. The molecule has 44 heavy (non-hydrogen) atoms. The third-order valence-electron chi connectivity index (χ3n) is 2.75. The van der Waals surface area contributed by atoms with Gasteiger partial charge >= 0.3 is 5.97 Å². The van der Waals surface area contributed by atoms with Crippen LogP contribution in [0.4, 0.5) is 0 Å². The summed E-state index contributed by atoms with van der Waals surface area (Å²) in [5.74, 6) is -1.54. The summed E-state index contributed by atoms with van der Waals surface area (Å²) in [4.78, 5) is 26.7. The maximum Gasteiger partial charge on any atom is 0.326 e. The number of rotatable bonds is 10. The zero-order valence-corrected chi connectivity index (χ0v) is 31.2. The number of benzene rings is 1. The molecule has 0 aromatic heterocycles. The summed E-state index contributed by atoms with van der Waals surface area (Å²) in [6.07, 6.45) is 14.9. The third kappa shape index (κ3) is 77.9. The number of aliphatic carboxylic acids is 1. The minimum absolute atomic E-state index is 0. The van der Waals surface area contributed by atoms with Gasteiger partial charge in [-0.3, -0.25) is 9.79 Å². The second-order valence-electron chi connectivity index (χ2n) is 7.00. The molecule has 18 heteroatoms. The molecule has 0 aliphatic rings. The Morgan fingerprint density at radius 3 is 1.59 bits per heavy atom. The number of hydrogen-bond acceptors (Lipinski definition) is 11. The van der Waals surface area contributed by atoms with Gasteiger partial charge in [0, 0.05) is 55.0 Å². The van der Waals surface area contributed by atoms with Crippen molar-refractivity contribution < 1.29 is 37.6 Å². The monoisotopic (exact) mass is 731 g/mol. The lowest BCUT2D eigenvalue weighted by molar-refractivity contribution is -0.139. The molecule has 2 atom stereocenters. The van der Waals surface area contributed by atoms with E-state index in [2.05, 4.69) is 32.8 Å². The zero-order valence-electron chi connectivity index (χ0n) is 27.2. The lowest BCUT2D eigenvalue weighted by atomic mass is 10.1. The number of carboxylic acids is 1. The molecule has 1 unspecified atom stereocenters. The van der Waals surface area contributed by atoms with Gasteiger partial charge in [0.05, 0.1) is 0 Å². The summed E-state index contributed by atoms with van der Waals surface area (Å²) in [5.41, 5.74) is 15.6. The Bertz CT molecular complexity index is 709. The molecule has 0 saturated heterocycles. The highest BCUT2D eigenvalue weighted by molar-refractivity contribution is 7.98. The van der Waals surface area contributed by atoms with Crippen LogP contribution >= 0.6 is 47.6 Å². The Kier molecular flexibility index (Phi) is 80.6. The van der Waals surface area contributed by atoms with Crippen LogP contribution in [0.2, 0.25) is 0 Å². The van der Waals surface area contributed by atoms with E-state index in [1.54, 1.807) is 66.4 Å². The highest BCUT2D eigenvalue weighted by Gasteiger charge is 2.19. The van der Waals surface area contributed by atoms with Gasteiger partial charge in [-0.2, -0.15) is 32.2 Å². The number of carbonyl (C=O) groups is 2. The van der Waals surface area contributed by atoms with Crippen molar-refractivity contribution >= 4 is 76.5 Å². The molecule has 0 fully saturated rings. The molecule has 11 N–H and O–H groups in total. The quantitative estimate of drug-likeness (QED) is 0.0372. The molecule has 268 valence electrons. The lowest BCUT2D eigenvalue weighted by Crippen LogP contribution is -2.40.